The molecule has 0 unspecified atom stereocenters. The lowest BCUT2D eigenvalue weighted by atomic mass is 10.2. The zero-order valence-electron chi connectivity index (χ0n) is 15.9. The van der Waals surface area contributed by atoms with Gasteiger partial charge in [-0.1, -0.05) is 6.07 Å². The van der Waals surface area contributed by atoms with Crippen molar-refractivity contribution < 1.29 is 19.2 Å². The van der Waals surface area contributed by atoms with Gasteiger partial charge >= 0.3 is 0 Å². The molecule has 0 aliphatic rings. The molecule has 0 spiro atoms. The smallest absolute Gasteiger partial charge is 0.270 e. The maximum Gasteiger partial charge on any atom is 0.270 e. The molecule has 0 radical (unpaired) electrons. The van der Waals surface area contributed by atoms with Crippen molar-refractivity contribution in [1.29, 1.82) is 0 Å². The number of carbonyl (C=O) groups excluding carboxylic acids is 2. The second-order valence-electron chi connectivity index (χ2n) is 6.10. The van der Waals surface area contributed by atoms with E-state index in [1.165, 1.54) is 18.2 Å². The Morgan fingerprint density at radius 2 is 1.93 bits per heavy atom. The first kappa shape index (κ1) is 20.5. The molecule has 0 fully saturated rings. The summed E-state index contributed by atoms with van der Waals surface area (Å²) < 4.78 is 5.10. The fourth-order valence-corrected chi connectivity index (χ4v) is 2.51. The molecule has 3 N–H and O–H groups in total. The third-order valence-electron chi connectivity index (χ3n) is 4.06. The first-order valence-corrected chi connectivity index (χ1v) is 8.81. The van der Waals surface area contributed by atoms with Crippen LogP contribution in [0, 0.1) is 10.1 Å². The summed E-state index contributed by atoms with van der Waals surface area (Å²) >= 11 is 0. The van der Waals surface area contributed by atoms with E-state index in [2.05, 4.69) is 25.8 Å². The Hall–Kier alpha value is -4.28. The molecule has 3 rings (SSSR count). The van der Waals surface area contributed by atoms with Gasteiger partial charge in [0.1, 0.15) is 11.6 Å². The molecule has 154 valence electrons. The van der Waals surface area contributed by atoms with Crippen LogP contribution in [-0.4, -0.2) is 45.6 Å². The number of H-pyrrole nitrogens is 1. The minimum absolute atomic E-state index is 0.0919. The Balaban J connectivity index is 1.49. The number of amides is 2. The molecule has 0 aliphatic heterocycles. The van der Waals surface area contributed by atoms with Crippen LogP contribution in [0.5, 0.6) is 5.75 Å². The first-order valence-electron chi connectivity index (χ1n) is 8.81. The Morgan fingerprint density at radius 3 is 2.63 bits per heavy atom. The van der Waals surface area contributed by atoms with E-state index < -0.39 is 16.7 Å². The van der Waals surface area contributed by atoms with Gasteiger partial charge in [0, 0.05) is 23.3 Å². The first-order chi connectivity index (χ1) is 14.5. The molecule has 1 aromatic heterocycles. The van der Waals surface area contributed by atoms with Crippen LogP contribution in [0.15, 0.2) is 48.5 Å². The molecule has 11 nitrogen and oxygen atoms in total. The number of nitrogens with zero attached hydrogens (tertiary/aromatic N) is 3. The second kappa shape index (κ2) is 9.28. The van der Waals surface area contributed by atoms with Crippen molar-refractivity contribution in [3.8, 4) is 17.1 Å². The van der Waals surface area contributed by atoms with E-state index in [0.717, 1.165) is 11.6 Å². The highest BCUT2D eigenvalue weighted by atomic mass is 16.6. The molecule has 0 saturated heterocycles. The maximum atomic E-state index is 12.1. The topological polar surface area (TPSA) is 152 Å². The highest BCUT2D eigenvalue weighted by molar-refractivity contribution is 5.96. The lowest BCUT2D eigenvalue weighted by Crippen LogP contribution is -2.36. The molecule has 0 saturated carbocycles. The SMILES string of the molecule is COc1ccc(-c2n[nH]c(CNC(=O)CNC(=O)c3cccc([N+](=O)[O-])c3)n2)cc1. The Bertz CT molecular complexity index is 1060. The fourth-order valence-electron chi connectivity index (χ4n) is 2.51. The van der Waals surface area contributed by atoms with E-state index in [1.54, 1.807) is 19.2 Å². The molecule has 2 amide bonds. The van der Waals surface area contributed by atoms with Crippen molar-refractivity contribution in [3.63, 3.8) is 0 Å². The number of non-ortho nitro benzene ring substituents is 1. The van der Waals surface area contributed by atoms with Crippen molar-refractivity contribution in [3.05, 3.63) is 70.0 Å². The van der Waals surface area contributed by atoms with E-state index in [1.807, 2.05) is 12.1 Å². The summed E-state index contributed by atoms with van der Waals surface area (Å²) in [7, 11) is 1.58. The number of hydrogen-bond acceptors (Lipinski definition) is 7. The number of benzene rings is 2. The summed E-state index contributed by atoms with van der Waals surface area (Å²) in [5.74, 6) is 0.598. The Labute approximate surface area is 170 Å². The van der Waals surface area contributed by atoms with E-state index in [9.17, 15) is 19.7 Å². The van der Waals surface area contributed by atoms with Gasteiger partial charge in [-0.05, 0) is 30.3 Å². The molecule has 1 heterocycles. The molecular weight excluding hydrogens is 392 g/mol. The number of carbonyl (C=O) groups is 2. The van der Waals surface area contributed by atoms with E-state index in [-0.39, 0.29) is 24.3 Å². The molecule has 11 heteroatoms. The van der Waals surface area contributed by atoms with Crippen LogP contribution in [0.3, 0.4) is 0 Å². The van der Waals surface area contributed by atoms with Gasteiger partial charge in [0.15, 0.2) is 5.82 Å². The molecule has 0 bridgehead atoms. The number of methoxy groups -OCH3 is 1. The van der Waals surface area contributed by atoms with Crippen LogP contribution in [0.25, 0.3) is 11.4 Å². The number of nitro benzene ring substituents is 1. The number of aromatic amines is 1. The van der Waals surface area contributed by atoms with Crippen LogP contribution in [0.2, 0.25) is 0 Å². The van der Waals surface area contributed by atoms with Gasteiger partial charge < -0.3 is 15.4 Å². The van der Waals surface area contributed by atoms with Crippen LogP contribution < -0.4 is 15.4 Å². The van der Waals surface area contributed by atoms with Crippen molar-refractivity contribution in [2.45, 2.75) is 6.54 Å². The Morgan fingerprint density at radius 1 is 1.17 bits per heavy atom. The van der Waals surface area contributed by atoms with Crippen LogP contribution in [-0.2, 0) is 11.3 Å². The maximum absolute atomic E-state index is 12.1. The highest BCUT2D eigenvalue weighted by Crippen LogP contribution is 2.18. The highest BCUT2D eigenvalue weighted by Gasteiger charge is 2.13. The number of nitrogens with one attached hydrogen (secondary N) is 3. The number of ether oxygens (including phenoxy) is 1. The lowest BCUT2D eigenvalue weighted by molar-refractivity contribution is -0.384. The van der Waals surface area contributed by atoms with Gasteiger partial charge in [-0.25, -0.2) is 4.98 Å². The largest absolute Gasteiger partial charge is 0.497 e. The molecule has 0 atom stereocenters. The summed E-state index contributed by atoms with van der Waals surface area (Å²) in [6.07, 6.45) is 0. The van der Waals surface area contributed by atoms with E-state index in [0.29, 0.717) is 17.4 Å². The van der Waals surface area contributed by atoms with Crippen LogP contribution in [0.1, 0.15) is 16.2 Å². The van der Waals surface area contributed by atoms with Crippen LogP contribution in [0.4, 0.5) is 5.69 Å². The van der Waals surface area contributed by atoms with Gasteiger partial charge in [0.2, 0.25) is 5.91 Å². The standard InChI is InChI=1S/C19H18N6O5/c1-30-15-7-5-12(6-8-15)18-22-16(23-24-18)10-20-17(26)11-21-19(27)13-3-2-4-14(9-13)25(28)29/h2-9H,10-11H2,1H3,(H,20,26)(H,21,27)(H,22,23,24). The van der Waals surface area contributed by atoms with Crippen LogP contribution >= 0.6 is 0 Å². The average molecular weight is 410 g/mol. The molecular formula is C19H18N6O5. The van der Waals surface area contributed by atoms with Gasteiger partial charge in [-0.3, -0.25) is 24.8 Å². The summed E-state index contributed by atoms with van der Waals surface area (Å²) in [6.45, 7) is -0.199. The minimum Gasteiger partial charge on any atom is -0.497 e. The zero-order valence-corrected chi connectivity index (χ0v) is 15.9. The Kier molecular flexibility index (Phi) is 6.33. The molecule has 2 aromatic carbocycles. The normalized spacial score (nSPS) is 10.3. The van der Waals surface area contributed by atoms with E-state index in [4.69, 9.17) is 4.74 Å². The monoisotopic (exact) mass is 410 g/mol. The third kappa shape index (κ3) is 5.16. The second-order valence-corrected chi connectivity index (χ2v) is 6.10. The van der Waals surface area contributed by atoms with Gasteiger partial charge in [-0.2, -0.15) is 5.10 Å². The predicted molar refractivity (Wildman–Crippen MR) is 106 cm³/mol. The van der Waals surface area contributed by atoms with E-state index >= 15 is 0 Å². The summed E-state index contributed by atoms with van der Waals surface area (Å²) in [5.41, 5.74) is 0.676. The summed E-state index contributed by atoms with van der Waals surface area (Å²) in [4.78, 5) is 38.5. The number of nitro groups is 1. The lowest BCUT2D eigenvalue weighted by Gasteiger charge is -2.06. The van der Waals surface area contributed by atoms with Crippen molar-refractivity contribution in [2.75, 3.05) is 13.7 Å². The zero-order chi connectivity index (χ0) is 21.5. The molecule has 30 heavy (non-hydrogen) atoms. The number of rotatable bonds is 8. The van der Waals surface area contributed by atoms with Gasteiger partial charge in [0.05, 0.1) is 25.1 Å². The van der Waals surface area contributed by atoms with Crippen molar-refractivity contribution in [1.82, 2.24) is 25.8 Å². The van der Waals surface area contributed by atoms with Crippen molar-refractivity contribution in [2.24, 2.45) is 0 Å². The quantitative estimate of drug-likeness (QED) is 0.375. The number of hydrogen-bond donors (Lipinski definition) is 3. The molecule has 3 aromatic rings. The summed E-state index contributed by atoms with van der Waals surface area (Å²) in [6, 6.07) is 12.5. The predicted octanol–water partition coefficient (Wildman–Crippen LogP) is 1.43. The average Bonchev–Trinajstić information content (AvgIpc) is 3.25. The van der Waals surface area contributed by atoms with Gasteiger partial charge in [-0.15, -0.1) is 0 Å². The fraction of sp³-hybridized carbons (Fsp3) is 0.158. The minimum atomic E-state index is -0.596. The van der Waals surface area contributed by atoms with Crippen molar-refractivity contribution >= 4 is 17.5 Å². The van der Waals surface area contributed by atoms with Gasteiger partial charge in [0.25, 0.3) is 11.6 Å². The third-order valence-corrected chi connectivity index (χ3v) is 4.06. The number of aromatic nitrogens is 3. The summed E-state index contributed by atoms with van der Waals surface area (Å²) in [5, 5.41) is 22.6. The molecule has 0 aliphatic carbocycles.